The monoisotopic (exact) mass is 339 g/mol. The Kier molecular flexibility index (Phi) is 3.90. The number of carbonyl (C=O) groups is 1. The van der Waals surface area contributed by atoms with Crippen LogP contribution in [0.5, 0.6) is 5.88 Å². The standard InChI is InChI=1S/C18H17N3O2S/c1-11-4-2-5-12(8-11)21-15(22)9-23-17-16-13-6-3-7-14(13)24-18(16)20-10-19-17/h2,4-5,8,10H,3,6-7,9H2,1H3,(H,21,22). The summed E-state index contributed by atoms with van der Waals surface area (Å²) in [6.07, 6.45) is 4.80. The van der Waals surface area contributed by atoms with E-state index in [0.717, 1.165) is 34.3 Å². The molecule has 1 aromatic carbocycles. The van der Waals surface area contributed by atoms with Gasteiger partial charge < -0.3 is 10.1 Å². The number of fused-ring (bicyclic) bond motifs is 3. The molecule has 2 heterocycles. The van der Waals surface area contributed by atoms with Crippen molar-refractivity contribution in [1.29, 1.82) is 0 Å². The number of thiophene rings is 1. The van der Waals surface area contributed by atoms with Crippen LogP contribution in [0.15, 0.2) is 30.6 Å². The average molecular weight is 339 g/mol. The van der Waals surface area contributed by atoms with Gasteiger partial charge in [0.25, 0.3) is 5.91 Å². The van der Waals surface area contributed by atoms with Gasteiger partial charge in [0.1, 0.15) is 11.2 Å². The van der Waals surface area contributed by atoms with Crippen LogP contribution in [-0.4, -0.2) is 22.5 Å². The van der Waals surface area contributed by atoms with Crippen LogP contribution >= 0.6 is 11.3 Å². The molecule has 122 valence electrons. The third-order valence-electron chi connectivity index (χ3n) is 4.11. The number of benzene rings is 1. The molecule has 0 saturated carbocycles. The third-order valence-corrected chi connectivity index (χ3v) is 5.31. The molecule has 6 heteroatoms. The molecule has 1 aliphatic rings. The van der Waals surface area contributed by atoms with Crippen LogP contribution in [0.3, 0.4) is 0 Å². The SMILES string of the molecule is Cc1cccc(NC(=O)COc2ncnc3sc4c(c23)CCC4)c1. The molecule has 2 aromatic heterocycles. The van der Waals surface area contributed by atoms with Crippen LogP contribution in [0.4, 0.5) is 5.69 Å². The number of aromatic nitrogens is 2. The van der Waals surface area contributed by atoms with Gasteiger partial charge in [-0.05, 0) is 49.4 Å². The van der Waals surface area contributed by atoms with Crippen LogP contribution < -0.4 is 10.1 Å². The van der Waals surface area contributed by atoms with Gasteiger partial charge in [0.05, 0.1) is 5.39 Å². The molecule has 4 rings (SSSR count). The fourth-order valence-corrected chi connectivity index (χ4v) is 4.28. The summed E-state index contributed by atoms with van der Waals surface area (Å²) < 4.78 is 5.71. The summed E-state index contributed by atoms with van der Waals surface area (Å²) in [5.41, 5.74) is 3.16. The Morgan fingerprint density at radius 1 is 1.33 bits per heavy atom. The first-order valence-corrected chi connectivity index (χ1v) is 8.77. The highest BCUT2D eigenvalue weighted by molar-refractivity contribution is 7.18. The Morgan fingerprint density at radius 2 is 2.25 bits per heavy atom. The number of hydrogen-bond acceptors (Lipinski definition) is 5. The van der Waals surface area contributed by atoms with Crippen molar-refractivity contribution in [2.24, 2.45) is 0 Å². The Balaban J connectivity index is 1.50. The van der Waals surface area contributed by atoms with Crippen LogP contribution in [0.25, 0.3) is 10.2 Å². The van der Waals surface area contributed by atoms with E-state index in [1.807, 2.05) is 31.2 Å². The summed E-state index contributed by atoms with van der Waals surface area (Å²) in [5.74, 6) is 0.318. The van der Waals surface area contributed by atoms with Gasteiger partial charge in [0.15, 0.2) is 6.61 Å². The number of hydrogen-bond donors (Lipinski definition) is 1. The molecule has 24 heavy (non-hydrogen) atoms. The van der Waals surface area contributed by atoms with E-state index >= 15 is 0 Å². The highest BCUT2D eigenvalue weighted by Gasteiger charge is 2.22. The van der Waals surface area contributed by atoms with E-state index in [9.17, 15) is 4.79 Å². The molecule has 0 saturated heterocycles. The molecule has 0 bridgehead atoms. The second-order valence-electron chi connectivity index (χ2n) is 5.92. The summed E-state index contributed by atoms with van der Waals surface area (Å²) in [7, 11) is 0. The van der Waals surface area contributed by atoms with Gasteiger partial charge >= 0.3 is 0 Å². The summed E-state index contributed by atoms with van der Waals surface area (Å²) in [6.45, 7) is 1.92. The zero-order chi connectivity index (χ0) is 16.5. The Hall–Kier alpha value is -2.47. The van der Waals surface area contributed by atoms with Crippen molar-refractivity contribution >= 4 is 33.1 Å². The lowest BCUT2D eigenvalue weighted by Crippen LogP contribution is -2.20. The summed E-state index contributed by atoms with van der Waals surface area (Å²) >= 11 is 1.71. The van der Waals surface area contributed by atoms with Crippen LogP contribution in [0, 0.1) is 6.92 Å². The van der Waals surface area contributed by atoms with E-state index in [1.54, 1.807) is 11.3 Å². The summed E-state index contributed by atoms with van der Waals surface area (Å²) in [6, 6.07) is 7.68. The van der Waals surface area contributed by atoms with Gasteiger partial charge in [-0.25, -0.2) is 9.97 Å². The molecule has 5 nitrogen and oxygen atoms in total. The van der Waals surface area contributed by atoms with E-state index in [0.29, 0.717) is 5.88 Å². The van der Waals surface area contributed by atoms with E-state index in [4.69, 9.17) is 4.74 Å². The maximum Gasteiger partial charge on any atom is 0.262 e. The predicted molar refractivity (Wildman–Crippen MR) is 94.7 cm³/mol. The van der Waals surface area contributed by atoms with Crippen molar-refractivity contribution in [3.8, 4) is 5.88 Å². The molecule has 3 aromatic rings. The number of ether oxygens (including phenoxy) is 1. The first-order valence-electron chi connectivity index (χ1n) is 7.95. The molecule has 1 amide bonds. The zero-order valence-electron chi connectivity index (χ0n) is 13.3. The smallest absolute Gasteiger partial charge is 0.262 e. The molecule has 0 aliphatic heterocycles. The fraction of sp³-hybridized carbons (Fsp3) is 0.278. The highest BCUT2D eigenvalue weighted by atomic mass is 32.1. The molecule has 0 spiro atoms. The minimum Gasteiger partial charge on any atom is -0.467 e. The Labute approximate surface area is 143 Å². The quantitative estimate of drug-likeness (QED) is 0.790. The molecule has 0 atom stereocenters. The number of anilines is 1. The Morgan fingerprint density at radius 3 is 3.12 bits per heavy atom. The number of rotatable bonds is 4. The number of carbonyl (C=O) groups excluding carboxylic acids is 1. The maximum atomic E-state index is 12.1. The van der Waals surface area contributed by atoms with E-state index in [2.05, 4.69) is 15.3 Å². The number of nitrogens with one attached hydrogen (secondary N) is 1. The van der Waals surface area contributed by atoms with Crippen molar-refractivity contribution in [1.82, 2.24) is 9.97 Å². The molecule has 0 radical (unpaired) electrons. The third kappa shape index (κ3) is 2.85. The second kappa shape index (κ2) is 6.20. The van der Waals surface area contributed by atoms with Crippen molar-refractivity contribution < 1.29 is 9.53 Å². The molecular weight excluding hydrogens is 322 g/mol. The molecule has 0 fully saturated rings. The van der Waals surface area contributed by atoms with Gasteiger partial charge in [0.2, 0.25) is 5.88 Å². The minimum atomic E-state index is -0.195. The van der Waals surface area contributed by atoms with Crippen LogP contribution in [0.1, 0.15) is 22.4 Å². The number of amides is 1. The van der Waals surface area contributed by atoms with Gasteiger partial charge in [-0.15, -0.1) is 11.3 Å². The number of aryl methyl sites for hydroxylation is 3. The first-order chi connectivity index (χ1) is 11.7. The first kappa shape index (κ1) is 15.1. The molecule has 1 aliphatic carbocycles. The predicted octanol–water partition coefficient (Wildman–Crippen LogP) is 3.51. The average Bonchev–Trinajstić information content (AvgIpc) is 3.13. The van der Waals surface area contributed by atoms with E-state index in [1.165, 1.54) is 23.2 Å². The van der Waals surface area contributed by atoms with E-state index in [-0.39, 0.29) is 12.5 Å². The van der Waals surface area contributed by atoms with Crippen LogP contribution in [0.2, 0.25) is 0 Å². The van der Waals surface area contributed by atoms with Gasteiger partial charge in [-0.3, -0.25) is 4.79 Å². The van der Waals surface area contributed by atoms with Gasteiger partial charge in [-0.1, -0.05) is 12.1 Å². The Bertz CT molecular complexity index is 920. The maximum absolute atomic E-state index is 12.1. The minimum absolute atomic E-state index is 0.0648. The van der Waals surface area contributed by atoms with Crippen LogP contribution in [-0.2, 0) is 17.6 Å². The number of nitrogens with zero attached hydrogens (tertiary/aromatic N) is 2. The highest BCUT2D eigenvalue weighted by Crippen LogP contribution is 2.39. The largest absolute Gasteiger partial charge is 0.467 e. The second-order valence-corrected chi connectivity index (χ2v) is 7.01. The summed E-state index contributed by atoms with van der Waals surface area (Å²) in [4.78, 5) is 23.0. The normalized spacial score (nSPS) is 13.0. The lowest BCUT2D eigenvalue weighted by molar-refractivity contribution is -0.118. The van der Waals surface area contributed by atoms with Crippen molar-refractivity contribution in [3.05, 3.63) is 46.6 Å². The molecule has 1 N–H and O–H groups in total. The molecular formula is C18H17N3O2S. The van der Waals surface area contributed by atoms with E-state index < -0.39 is 0 Å². The zero-order valence-corrected chi connectivity index (χ0v) is 14.2. The topological polar surface area (TPSA) is 64.1 Å². The lowest BCUT2D eigenvalue weighted by atomic mass is 10.2. The van der Waals surface area contributed by atoms with Crippen molar-refractivity contribution in [2.75, 3.05) is 11.9 Å². The van der Waals surface area contributed by atoms with Crippen molar-refractivity contribution in [2.45, 2.75) is 26.2 Å². The summed E-state index contributed by atoms with van der Waals surface area (Å²) in [5, 5.41) is 3.83. The fourth-order valence-electron chi connectivity index (χ4n) is 3.06. The van der Waals surface area contributed by atoms with Crippen molar-refractivity contribution in [3.63, 3.8) is 0 Å². The van der Waals surface area contributed by atoms with Gasteiger partial charge in [0, 0.05) is 10.6 Å². The molecule has 0 unspecified atom stereocenters. The van der Waals surface area contributed by atoms with Gasteiger partial charge in [-0.2, -0.15) is 0 Å². The lowest BCUT2D eigenvalue weighted by Gasteiger charge is -2.08.